The van der Waals surface area contributed by atoms with E-state index >= 15 is 0 Å². The van der Waals surface area contributed by atoms with Gasteiger partial charge in [0.05, 0.1) is 39.0 Å². The van der Waals surface area contributed by atoms with Crippen molar-refractivity contribution >= 4 is 5.97 Å². The van der Waals surface area contributed by atoms with Crippen molar-refractivity contribution in [1.29, 1.82) is 0 Å². The van der Waals surface area contributed by atoms with Gasteiger partial charge >= 0.3 is 5.97 Å². The van der Waals surface area contributed by atoms with Crippen molar-refractivity contribution < 1.29 is 28.5 Å². The van der Waals surface area contributed by atoms with Crippen LogP contribution in [0.2, 0.25) is 0 Å². The van der Waals surface area contributed by atoms with E-state index in [0.29, 0.717) is 36.0 Å². The summed E-state index contributed by atoms with van der Waals surface area (Å²) in [4.78, 5) is 15.2. The van der Waals surface area contributed by atoms with Crippen LogP contribution in [-0.4, -0.2) is 66.1 Å². The minimum Gasteiger partial charge on any atom is -0.493 e. The number of ether oxygens (including phenoxy) is 5. The smallest absolute Gasteiger partial charge is 0.338 e. The number of likely N-dealkylation sites (N-methyl/N-ethyl adjacent to an activating group) is 1. The summed E-state index contributed by atoms with van der Waals surface area (Å²) in [5.74, 6) is 0.757. The van der Waals surface area contributed by atoms with Crippen molar-refractivity contribution in [3.8, 4) is 17.2 Å². The Bertz CT molecular complexity index is 816. The van der Waals surface area contributed by atoms with Gasteiger partial charge in [0.2, 0.25) is 5.75 Å². The van der Waals surface area contributed by atoms with Crippen molar-refractivity contribution in [1.82, 2.24) is 4.90 Å². The number of hydrogen-bond acceptors (Lipinski definition) is 7. The molecule has 0 heterocycles. The van der Waals surface area contributed by atoms with Gasteiger partial charge in [0.1, 0.15) is 6.61 Å². The standard InChI is InChI=1S/C24H33NO6/c1-7-24(25(2)13-14-27-3,19-11-9-8-10-12-19)17-31-23(26)18-15-20(28-4)22(30-6)21(16-18)29-5/h8-12,15-16H,7,13-14,17H2,1-6H3/t24-/m1/s1. The number of carbonyl (C=O) groups is 1. The Hall–Kier alpha value is -2.77. The van der Waals surface area contributed by atoms with Crippen LogP contribution in [0.1, 0.15) is 29.3 Å². The molecule has 0 unspecified atom stereocenters. The van der Waals surface area contributed by atoms with Gasteiger partial charge in [-0.15, -0.1) is 0 Å². The number of hydrogen-bond donors (Lipinski definition) is 0. The molecule has 7 heteroatoms. The fourth-order valence-corrected chi connectivity index (χ4v) is 3.65. The molecule has 0 radical (unpaired) electrons. The van der Waals surface area contributed by atoms with Crippen molar-refractivity contribution in [3.05, 3.63) is 53.6 Å². The van der Waals surface area contributed by atoms with Gasteiger partial charge in [-0.3, -0.25) is 4.90 Å². The molecule has 0 spiro atoms. The Kier molecular flexibility index (Phi) is 9.15. The van der Waals surface area contributed by atoms with Crippen LogP contribution < -0.4 is 14.2 Å². The lowest BCUT2D eigenvalue weighted by atomic mass is 9.86. The monoisotopic (exact) mass is 431 g/mol. The molecule has 0 bridgehead atoms. The van der Waals surface area contributed by atoms with E-state index in [1.165, 1.54) is 21.3 Å². The van der Waals surface area contributed by atoms with E-state index < -0.39 is 11.5 Å². The molecular formula is C24H33NO6. The summed E-state index contributed by atoms with van der Waals surface area (Å²) < 4.78 is 27.1. The second-order valence-electron chi connectivity index (χ2n) is 7.16. The van der Waals surface area contributed by atoms with Crippen molar-refractivity contribution in [3.63, 3.8) is 0 Å². The molecule has 31 heavy (non-hydrogen) atoms. The van der Waals surface area contributed by atoms with Gasteiger partial charge in [-0.2, -0.15) is 0 Å². The van der Waals surface area contributed by atoms with E-state index in [1.54, 1.807) is 19.2 Å². The molecule has 0 fully saturated rings. The van der Waals surface area contributed by atoms with Crippen LogP contribution in [0.4, 0.5) is 0 Å². The average molecular weight is 432 g/mol. The molecule has 0 N–H and O–H groups in total. The summed E-state index contributed by atoms with van der Waals surface area (Å²) in [6, 6.07) is 13.2. The first kappa shape index (κ1) is 24.5. The van der Waals surface area contributed by atoms with Gasteiger partial charge in [-0.05, 0) is 31.2 Å². The molecule has 2 rings (SSSR count). The highest BCUT2D eigenvalue weighted by atomic mass is 16.5. The summed E-state index contributed by atoms with van der Waals surface area (Å²) in [5.41, 5.74) is 0.914. The minimum atomic E-state index is -0.490. The Morgan fingerprint density at radius 2 is 1.58 bits per heavy atom. The zero-order valence-corrected chi connectivity index (χ0v) is 19.3. The van der Waals surface area contributed by atoms with Gasteiger partial charge in [0.15, 0.2) is 11.5 Å². The third kappa shape index (κ3) is 5.48. The number of rotatable bonds is 12. The molecule has 0 aliphatic carbocycles. The second kappa shape index (κ2) is 11.6. The SMILES string of the molecule is CC[C@@](COC(=O)c1cc(OC)c(OC)c(OC)c1)(c1ccccc1)N(C)CCOC. The summed E-state index contributed by atoms with van der Waals surface area (Å²) in [7, 11) is 8.23. The van der Waals surface area contributed by atoms with E-state index in [0.717, 1.165) is 12.0 Å². The van der Waals surface area contributed by atoms with Crippen molar-refractivity contribution in [2.75, 3.05) is 55.2 Å². The molecule has 7 nitrogen and oxygen atoms in total. The highest BCUT2D eigenvalue weighted by Gasteiger charge is 2.36. The van der Waals surface area contributed by atoms with E-state index in [2.05, 4.69) is 24.0 Å². The molecule has 0 saturated carbocycles. The molecule has 1 atom stereocenters. The average Bonchev–Trinajstić information content (AvgIpc) is 2.82. The Morgan fingerprint density at radius 1 is 0.968 bits per heavy atom. The lowest BCUT2D eigenvalue weighted by Crippen LogP contribution is -2.48. The first-order chi connectivity index (χ1) is 15.0. The fourth-order valence-electron chi connectivity index (χ4n) is 3.65. The minimum absolute atomic E-state index is 0.184. The zero-order chi connectivity index (χ0) is 22.9. The van der Waals surface area contributed by atoms with Gasteiger partial charge in [-0.25, -0.2) is 4.79 Å². The Balaban J connectivity index is 2.33. The number of carbonyl (C=O) groups excluding carboxylic acids is 1. The number of nitrogens with zero attached hydrogens (tertiary/aromatic N) is 1. The molecule has 0 aromatic heterocycles. The topological polar surface area (TPSA) is 66.5 Å². The van der Waals surface area contributed by atoms with Crippen LogP contribution in [0, 0.1) is 0 Å². The first-order valence-corrected chi connectivity index (χ1v) is 10.2. The Morgan fingerprint density at radius 3 is 2.06 bits per heavy atom. The van der Waals surface area contributed by atoms with Crippen LogP contribution in [0.25, 0.3) is 0 Å². The molecule has 0 saturated heterocycles. The zero-order valence-electron chi connectivity index (χ0n) is 19.3. The highest BCUT2D eigenvalue weighted by Crippen LogP contribution is 2.39. The third-order valence-electron chi connectivity index (χ3n) is 5.60. The normalized spacial score (nSPS) is 12.9. The summed E-state index contributed by atoms with van der Waals surface area (Å²) in [5, 5.41) is 0. The maximum absolute atomic E-state index is 13.0. The van der Waals surface area contributed by atoms with Crippen LogP contribution in [0.15, 0.2) is 42.5 Å². The maximum Gasteiger partial charge on any atom is 0.338 e. The van der Waals surface area contributed by atoms with Crippen LogP contribution in [0.3, 0.4) is 0 Å². The molecule has 2 aromatic carbocycles. The summed E-state index contributed by atoms with van der Waals surface area (Å²) >= 11 is 0. The predicted octanol–water partition coefficient (Wildman–Crippen LogP) is 3.75. The van der Waals surface area contributed by atoms with Gasteiger partial charge in [0, 0.05) is 13.7 Å². The van der Waals surface area contributed by atoms with E-state index in [4.69, 9.17) is 23.7 Å². The molecule has 0 aliphatic heterocycles. The Labute approximate surface area is 184 Å². The number of methoxy groups -OCH3 is 4. The lowest BCUT2D eigenvalue weighted by molar-refractivity contribution is -0.00325. The van der Waals surface area contributed by atoms with Crippen molar-refractivity contribution in [2.24, 2.45) is 0 Å². The van der Waals surface area contributed by atoms with E-state index in [1.807, 2.05) is 25.2 Å². The molecule has 2 aromatic rings. The van der Waals surface area contributed by atoms with Gasteiger partial charge < -0.3 is 23.7 Å². The maximum atomic E-state index is 13.0. The van der Waals surface area contributed by atoms with Crippen LogP contribution in [-0.2, 0) is 15.0 Å². The number of esters is 1. The van der Waals surface area contributed by atoms with Crippen LogP contribution >= 0.6 is 0 Å². The molecule has 0 amide bonds. The molecule has 170 valence electrons. The quantitative estimate of drug-likeness (QED) is 0.474. The van der Waals surface area contributed by atoms with E-state index in [-0.39, 0.29) is 6.61 Å². The largest absolute Gasteiger partial charge is 0.493 e. The number of benzene rings is 2. The van der Waals surface area contributed by atoms with Gasteiger partial charge in [0.25, 0.3) is 0 Å². The third-order valence-corrected chi connectivity index (χ3v) is 5.60. The van der Waals surface area contributed by atoms with Gasteiger partial charge in [-0.1, -0.05) is 37.3 Å². The predicted molar refractivity (Wildman–Crippen MR) is 119 cm³/mol. The molecular weight excluding hydrogens is 398 g/mol. The fraction of sp³-hybridized carbons (Fsp3) is 0.458. The van der Waals surface area contributed by atoms with Crippen molar-refractivity contribution in [2.45, 2.75) is 18.9 Å². The molecule has 0 aliphatic rings. The van der Waals surface area contributed by atoms with E-state index in [9.17, 15) is 4.79 Å². The lowest BCUT2D eigenvalue weighted by Gasteiger charge is -2.41. The summed E-state index contributed by atoms with van der Waals surface area (Å²) in [6.07, 6.45) is 0.750. The first-order valence-electron chi connectivity index (χ1n) is 10.2. The second-order valence-corrected chi connectivity index (χ2v) is 7.16. The summed E-state index contributed by atoms with van der Waals surface area (Å²) in [6.45, 7) is 3.54. The highest BCUT2D eigenvalue weighted by molar-refractivity contribution is 5.91. The van der Waals surface area contributed by atoms with Crippen LogP contribution in [0.5, 0.6) is 17.2 Å².